The van der Waals surface area contributed by atoms with E-state index in [0.717, 1.165) is 15.6 Å². The van der Waals surface area contributed by atoms with E-state index in [2.05, 4.69) is 55.6 Å². The zero-order valence-corrected chi connectivity index (χ0v) is 12.4. The second-order valence-corrected chi connectivity index (χ2v) is 5.68. The highest BCUT2D eigenvalue weighted by Crippen LogP contribution is 2.27. The van der Waals surface area contributed by atoms with Crippen molar-refractivity contribution >= 4 is 38.5 Å². The van der Waals surface area contributed by atoms with Crippen molar-refractivity contribution in [2.24, 2.45) is 0 Å². The number of hydrogen-bond donors (Lipinski definition) is 0. The highest BCUT2D eigenvalue weighted by molar-refractivity contribution is 14.1. The van der Waals surface area contributed by atoms with Gasteiger partial charge in [0.05, 0.1) is 4.83 Å². The van der Waals surface area contributed by atoms with Crippen molar-refractivity contribution < 1.29 is 4.42 Å². The first kappa shape index (κ1) is 12.0. The number of benzene rings is 1. The van der Waals surface area contributed by atoms with Gasteiger partial charge in [-0.25, -0.2) is 0 Å². The summed E-state index contributed by atoms with van der Waals surface area (Å²) in [7, 11) is 0. The molecule has 1 heterocycles. The number of hydrogen-bond acceptors (Lipinski definition) is 3. The molecule has 1 aromatic carbocycles. The Kier molecular flexibility index (Phi) is 3.96. The van der Waals surface area contributed by atoms with Crippen LogP contribution in [-0.2, 0) is 0 Å². The predicted molar refractivity (Wildman–Crippen MR) is 74.4 cm³/mol. The molecule has 0 aliphatic heterocycles. The molecule has 0 bridgehead atoms. The Morgan fingerprint density at radius 1 is 1.44 bits per heavy atom. The van der Waals surface area contributed by atoms with Gasteiger partial charge in [-0.1, -0.05) is 28.9 Å². The molecule has 1 atom stereocenters. The largest absolute Gasteiger partial charge is 0.419 e. The third-order valence-electron chi connectivity index (χ3n) is 2.14. The van der Waals surface area contributed by atoms with Gasteiger partial charge in [0.1, 0.15) is 0 Å². The van der Waals surface area contributed by atoms with Crippen LogP contribution in [0.1, 0.15) is 24.1 Å². The fourth-order valence-electron chi connectivity index (χ4n) is 1.27. The van der Waals surface area contributed by atoms with Crippen molar-refractivity contribution in [2.75, 3.05) is 0 Å². The van der Waals surface area contributed by atoms with Crippen molar-refractivity contribution in [1.29, 1.82) is 0 Å². The van der Waals surface area contributed by atoms with Gasteiger partial charge in [0.25, 0.3) is 0 Å². The normalized spacial score (nSPS) is 12.7. The second kappa shape index (κ2) is 5.27. The van der Waals surface area contributed by atoms with Crippen LogP contribution < -0.4 is 0 Å². The van der Waals surface area contributed by atoms with Crippen molar-refractivity contribution in [2.45, 2.75) is 18.2 Å². The predicted octanol–water partition coefficient (Wildman–Crippen LogP) is 4.19. The van der Waals surface area contributed by atoms with E-state index in [-0.39, 0.29) is 4.83 Å². The molecule has 0 amide bonds. The summed E-state index contributed by atoms with van der Waals surface area (Å²) < 4.78 is 6.76. The Morgan fingerprint density at radius 2 is 2.25 bits per heavy atom. The summed E-state index contributed by atoms with van der Waals surface area (Å²) in [6.07, 6.45) is 0.925. The fraction of sp³-hybridized carbons (Fsp3) is 0.273. The molecular weight excluding hydrogens is 383 g/mol. The van der Waals surface area contributed by atoms with Gasteiger partial charge in [0.2, 0.25) is 11.8 Å². The SMILES string of the molecule is CCC(Br)c1nnc(-c2cccc(I)c2)o1. The van der Waals surface area contributed by atoms with Gasteiger partial charge in [-0.15, -0.1) is 10.2 Å². The maximum absolute atomic E-state index is 5.60. The summed E-state index contributed by atoms with van der Waals surface area (Å²) >= 11 is 5.75. The Labute approximate surface area is 116 Å². The lowest BCUT2D eigenvalue weighted by molar-refractivity contribution is 0.500. The van der Waals surface area contributed by atoms with Gasteiger partial charge in [0, 0.05) is 9.13 Å². The Hall–Kier alpha value is -0.430. The smallest absolute Gasteiger partial charge is 0.247 e. The van der Waals surface area contributed by atoms with Crippen LogP contribution in [0.2, 0.25) is 0 Å². The molecule has 0 saturated carbocycles. The first-order valence-electron chi connectivity index (χ1n) is 4.94. The summed E-state index contributed by atoms with van der Waals surface area (Å²) in [6, 6.07) is 7.99. The van der Waals surface area contributed by atoms with Crippen LogP contribution >= 0.6 is 38.5 Å². The van der Waals surface area contributed by atoms with Crippen LogP contribution in [0.25, 0.3) is 11.5 Å². The van der Waals surface area contributed by atoms with Crippen molar-refractivity contribution in [3.05, 3.63) is 33.7 Å². The van der Waals surface area contributed by atoms with Crippen LogP contribution in [-0.4, -0.2) is 10.2 Å². The molecule has 0 aliphatic rings. The van der Waals surface area contributed by atoms with E-state index in [0.29, 0.717) is 11.8 Å². The maximum atomic E-state index is 5.60. The monoisotopic (exact) mass is 392 g/mol. The number of aromatic nitrogens is 2. The van der Waals surface area contributed by atoms with E-state index in [9.17, 15) is 0 Å². The number of nitrogens with zero attached hydrogens (tertiary/aromatic N) is 2. The van der Waals surface area contributed by atoms with Gasteiger partial charge in [-0.3, -0.25) is 0 Å². The molecule has 0 radical (unpaired) electrons. The summed E-state index contributed by atoms with van der Waals surface area (Å²) in [5, 5.41) is 8.07. The summed E-state index contributed by atoms with van der Waals surface area (Å²) in [4.78, 5) is 0.136. The molecule has 1 aromatic heterocycles. The lowest BCUT2D eigenvalue weighted by Gasteiger charge is -1.98. The van der Waals surface area contributed by atoms with E-state index in [1.54, 1.807) is 0 Å². The lowest BCUT2D eigenvalue weighted by Crippen LogP contribution is -1.86. The van der Waals surface area contributed by atoms with Crippen LogP contribution in [0.5, 0.6) is 0 Å². The summed E-state index contributed by atoms with van der Waals surface area (Å²) in [5.74, 6) is 1.21. The van der Waals surface area contributed by atoms with Crippen molar-refractivity contribution in [1.82, 2.24) is 10.2 Å². The Morgan fingerprint density at radius 3 is 2.94 bits per heavy atom. The molecule has 3 nitrogen and oxygen atoms in total. The number of rotatable bonds is 3. The molecular formula is C11H10BrIN2O. The third kappa shape index (κ3) is 2.63. The Balaban J connectivity index is 2.31. The minimum absolute atomic E-state index is 0.136. The first-order valence-corrected chi connectivity index (χ1v) is 6.93. The average Bonchev–Trinajstić information content (AvgIpc) is 2.77. The van der Waals surface area contributed by atoms with E-state index in [4.69, 9.17) is 4.42 Å². The van der Waals surface area contributed by atoms with Gasteiger partial charge in [-0.05, 0) is 47.2 Å². The molecule has 16 heavy (non-hydrogen) atoms. The van der Waals surface area contributed by atoms with Crippen LogP contribution in [0.3, 0.4) is 0 Å². The zero-order chi connectivity index (χ0) is 11.5. The molecule has 1 unspecified atom stereocenters. The third-order valence-corrected chi connectivity index (χ3v) is 3.85. The maximum Gasteiger partial charge on any atom is 0.247 e. The van der Waals surface area contributed by atoms with E-state index in [1.807, 2.05) is 24.3 Å². The quantitative estimate of drug-likeness (QED) is 0.580. The van der Waals surface area contributed by atoms with Crippen LogP contribution in [0.4, 0.5) is 0 Å². The molecule has 0 spiro atoms. The highest BCUT2D eigenvalue weighted by Gasteiger charge is 2.14. The second-order valence-electron chi connectivity index (χ2n) is 3.33. The summed E-state index contributed by atoms with van der Waals surface area (Å²) in [6.45, 7) is 2.06. The summed E-state index contributed by atoms with van der Waals surface area (Å²) in [5.41, 5.74) is 0.960. The van der Waals surface area contributed by atoms with Gasteiger partial charge >= 0.3 is 0 Å². The minimum atomic E-state index is 0.136. The van der Waals surface area contributed by atoms with Gasteiger partial charge < -0.3 is 4.42 Å². The van der Waals surface area contributed by atoms with Crippen LogP contribution in [0.15, 0.2) is 28.7 Å². The topological polar surface area (TPSA) is 38.9 Å². The number of alkyl halides is 1. The molecule has 0 N–H and O–H groups in total. The number of halogens is 2. The van der Waals surface area contributed by atoms with Gasteiger partial charge in [-0.2, -0.15) is 0 Å². The van der Waals surface area contributed by atoms with Crippen LogP contribution in [0, 0.1) is 3.57 Å². The molecule has 5 heteroatoms. The molecule has 0 fully saturated rings. The van der Waals surface area contributed by atoms with Crippen molar-refractivity contribution in [3.63, 3.8) is 0 Å². The highest BCUT2D eigenvalue weighted by atomic mass is 127. The lowest BCUT2D eigenvalue weighted by atomic mass is 10.2. The Bertz CT molecular complexity index is 486. The first-order chi connectivity index (χ1) is 7.70. The van der Waals surface area contributed by atoms with E-state index in [1.165, 1.54) is 0 Å². The molecule has 84 valence electrons. The minimum Gasteiger partial charge on any atom is -0.419 e. The molecule has 2 aromatic rings. The van der Waals surface area contributed by atoms with Crippen molar-refractivity contribution in [3.8, 4) is 11.5 Å². The van der Waals surface area contributed by atoms with E-state index >= 15 is 0 Å². The standard InChI is InChI=1S/C11H10BrIN2O/c1-2-9(12)11-15-14-10(16-11)7-4-3-5-8(13)6-7/h3-6,9H,2H2,1H3. The molecule has 0 saturated heterocycles. The van der Waals surface area contributed by atoms with E-state index < -0.39 is 0 Å². The fourth-order valence-corrected chi connectivity index (χ4v) is 2.00. The zero-order valence-electron chi connectivity index (χ0n) is 8.65. The molecule has 2 rings (SSSR count). The van der Waals surface area contributed by atoms with Gasteiger partial charge in [0.15, 0.2) is 0 Å². The molecule has 0 aliphatic carbocycles. The average molecular weight is 393 g/mol.